The lowest BCUT2D eigenvalue weighted by molar-refractivity contribution is -0.134. The summed E-state index contributed by atoms with van der Waals surface area (Å²) in [7, 11) is 0. The zero-order valence-electron chi connectivity index (χ0n) is 22.0. The fourth-order valence-electron chi connectivity index (χ4n) is 5.37. The third-order valence-electron chi connectivity index (χ3n) is 7.13. The number of benzene rings is 3. The molecule has 190 valence electrons. The van der Waals surface area contributed by atoms with Gasteiger partial charge in [-0.1, -0.05) is 48.5 Å². The molecule has 5 rings (SSSR count). The number of nitrogens with zero attached hydrogens (tertiary/aromatic N) is 4. The monoisotopic (exact) mass is 494 g/mol. The van der Waals surface area contributed by atoms with Crippen molar-refractivity contribution < 1.29 is 9.59 Å². The molecule has 0 radical (unpaired) electrons. The normalized spacial score (nSPS) is 15.6. The van der Waals surface area contributed by atoms with E-state index < -0.39 is 0 Å². The highest BCUT2D eigenvalue weighted by atomic mass is 16.2. The largest absolute Gasteiger partial charge is 0.334 e. The molecule has 2 heterocycles. The van der Waals surface area contributed by atoms with Gasteiger partial charge in [-0.15, -0.1) is 0 Å². The van der Waals surface area contributed by atoms with Crippen molar-refractivity contribution in [3.05, 3.63) is 95.3 Å². The fourth-order valence-corrected chi connectivity index (χ4v) is 5.37. The maximum absolute atomic E-state index is 13.7. The maximum atomic E-state index is 13.7. The maximum Gasteiger partial charge on any atom is 0.243 e. The van der Waals surface area contributed by atoms with Crippen LogP contribution in [0.3, 0.4) is 0 Å². The van der Waals surface area contributed by atoms with E-state index in [1.807, 2.05) is 82.8 Å². The Morgan fingerprint density at radius 1 is 1.00 bits per heavy atom. The Hall–Kier alpha value is -3.93. The van der Waals surface area contributed by atoms with Gasteiger partial charge in [0.1, 0.15) is 12.4 Å². The van der Waals surface area contributed by atoms with E-state index in [1.165, 1.54) is 0 Å². The minimum atomic E-state index is -0.0878. The van der Waals surface area contributed by atoms with Crippen LogP contribution < -0.4 is 4.90 Å². The van der Waals surface area contributed by atoms with Crippen molar-refractivity contribution in [2.75, 3.05) is 11.4 Å². The standard InChI is InChI=1S/C31H34N4O2/c1-21(2)33(18-24-10-6-5-7-11-24)30(37)20-35-28-13-9-8-12-27(28)32-31(35)25-17-29(36)34(19-25)26-15-22(3)14-23(4)16-26/h5-16,21,25H,17-20H2,1-4H3. The summed E-state index contributed by atoms with van der Waals surface area (Å²) in [5.41, 5.74) is 6.07. The van der Waals surface area contributed by atoms with Crippen LogP contribution in [-0.4, -0.2) is 38.9 Å². The highest BCUT2D eigenvalue weighted by Gasteiger charge is 2.35. The number of fused-ring (bicyclic) bond motifs is 1. The van der Waals surface area contributed by atoms with E-state index in [-0.39, 0.29) is 30.3 Å². The third-order valence-corrected chi connectivity index (χ3v) is 7.13. The molecule has 0 spiro atoms. The number of aryl methyl sites for hydroxylation is 2. The molecule has 0 N–H and O–H groups in total. The fraction of sp³-hybridized carbons (Fsp3) is 0.323. The van der Waals surface area contributed by atoms with Crippen molar-refractivity contribution >= 4 is 28.5 Å². The predicted octanol–water partition coefficient (Wildman–Crippen LogP) is 5.61. The summed E-state index contributed by atoms with van der Waals surface area (Å²) in [4.78, 5) is 35.6. The van der Waals surface area contributed by atoms with E-state index in [0.717, 1.165) is 39.2 Å². The molecule has 3 aromatic carbocycles. The van der Waals surface area contributed by atoms with Gasteiger partial charge >= 0.3 is 0 Å². The molecule has 1 fully saturated rings. The molecule has 1 unspecified atom stereocenters. The van der Waals surface area contributed by atoms with Crippen LogP contribution in [-0.2, 0) is 22.7 Å². The topological polar surface area (TPSA) is 58.4 Å². The Morgan fingerprint density at radius 3 is 2.38 bits per heavy atom. The molecule has 1 saturated heterocycles. The molecule has 37 heavy (non-hydrogen) atoms. The summed E-state index contributed by atoms with van der Waals surface area (Å²) < 4.78 is 2.03. The highest BCUT2D eigenvalue weighted by Crippen LogP contribution is 2.34. The van der Waals surface area contributed by atoms with Gasteiger partial charge in [-0.2, -0.15) is 0 Å². The first-order valence-corrected chi connectivity index (χ1v) is 13.0. The van der Waals surface area contributed by atoms with Crippen LogP contribution in [0.2, 0.25) is 0 Å². The molecule has 1 atom stereocenters. The third kappa shape index (κ3) is 5.15. The molecule has 6 heteroatoms. The number of para-hydroxylation sites is 2. The van der Waals surface area contributed by atoms with Gasteiger partial charge in [-0.25, -0.2) is 4.98 Å². The van der Waals surface area contributed by atoms with E-state index in [4.69, 9.17) is 4.98 Å². The van der Waals surface area contributed by atoms with Crippen molar-refractivity contribution in [1.29, 1.82) is 0 Å². The second-order valence-corrected chi connectivity index (χ2v) is 10.4. The van der Waals surface area contributed by atoms with Crippen LogP contribution in [0.25, 0.3) is 11.0 Å². The van der Waals surface area contributed by atoms with Crippen LogP contribution >= 0.6 is 0 Å². The minimum Gasteiger partial charge on any atom is -0.334 e. The van der Waals surface area contributed by atoms with Crippen molar-refractivity contribution in [3.8, 4) is 0 Å². The number of imidazole rings is 1. The second kappa shape index (κ2) is 10.2. The van der Waals surface area contributed by atoms with Gasteiger partial charge in [-0.05, 0) is 68.7 Å². The first kappa shape index (κ1) is 24.8. The predicted molar refractivity (Wildman–Crippen MR) is 147 cm³/mol. The van der Waals surface area contributed by atoms with Crippen molar-refractivity contribution in [3.63, 3.8) is 0 Å². The lowest BCUT2D eigenvalue weighted by atomic mass is 10.1. The Labute approximate surface area is 218 Å². The van der Waals surface area contributed by atoms with E-state index >= 15 is 0 Å². The summed E-state index contributed by atoms with van der Waals surface area (Å²) >= 11 is 0. The SMILES string of the molecule is Cc1cc(C)cc(N2CC(c3nc4ccccc4n3CC(=O)N(Cc3ccccc3)C(C)C)CC2=O)c1. The number of rotatable bonds is 7. The summed E-state index contributed by atoms with van der Waals surface area (Å²) in [5.74, 6) is 0.847. The Bertz CT molecular complexity index is 1420. The molecular formula is C31H34N4O2. The molecule has 0 bridgehead atoms. The first-order valence-electron chi connectivity index (χ1n) is 13.0. The average Bonchev–Trinajstić information content (AvgIpc) is 3.43. The van der Waals surface area contributed by atoms with Crippen LogP contribution in [0.5, 0.6) is 0 Å². The van der Waals surface area contributed by atoms with Crippen LogP contribution in [0.1, 0.15) is 48.7 Å². The quantitative estimate of drug-likeness (QED) is 0.336. The first-order chi connectivity index (χ1) is 17.8. The van der Waals surface area contributed by atoms with Crippen LogP contribution in [0.15, 0.2) is 72.8 Å². The van der Waals surface area contributed by atoms with E-state index in [1.54, 1.807) is 0 Å². The van der Waals surface area contributed by atoms with Gasteiger partial charge in [0.05, 0.1) is 11.0 Å². The van der Waals surface area contributed by atoms with Gasteiger partial charge in [0.2, 0.25) is 11.8 Å². The number of amides is 2. The number of hydrogen-bond donors (Lipinski definition) is 0. The Kier molecular flexibility index (Phi) is 6.83. The molecular weight excluding hydrogens is 460 g/mol. The summed E-state index contributed by atoms with van der Waals surface area (Å²) in [6.07, 6.45) is 0.377. The van der Waals surface area contributed by atoms with Crippen LogP contribution in [0.4, 0.5) is 5.69 Å². The van der Waals surface area contributed by atoms with Gasteiger partial charge in [-0.3, -0.25) is 9.59 Å². The van der Waals surface area contributed by atoms with Crippen LogP contribution in [0, 0.1) is 13.8 Å². The highest BCUT2D eigenvalue weighted by molar-refractivity contribution is 5.96. The number of anilines is 1. The summed E-state index contributed by atoms with van der Waals surface area (Å²) in [6, 6.07) is 24.3. The number of carbonyl (C=O) groups excluding carboxylic acids is 2. The smallest absolute Gasteiger partial charge is 0.243 e. The molecule has 1 aliphatic heterocycles. The summed E-state index contributed by atoms with van der Waals surface area (Å²) in [5, 5.41) is 0. The number of carbonyl (C=O) groups is 2. The molecule has 4 aromatic rings. The van der Waals surface area contributed by atoms with Gasteiger partial charge in [0.25, 0.3) is 0 Å². The number of aromatic nitrogens is 2. The lowest BCUT2D eigenvalue weighted by Gasteiger charge is -2.28. The lowest BCUT2D eigenvalue weighted by Crippen LogP contribution is -2.39. The Morgan fingerprint density at radius 2 is 1.68 bits per heavy atom. The zero-order valence-corrected chi connectivity index (χ0v) is 22.0. The van der Waals surface area contributed by atoms with Gasteiger partial charge in [0, 0.05) is 37.2 Å². The number of hydrogen-bond acceptors (Lipinski definition) is 3. The van der Waals surface area contributed by atoms with Gasteiger partial charge in [0.15, 0.2) is 0 Å². The van der Waals surface area contributed by atoms with Crippen molar-refractivity contribution in [2.45, 2.75) is 59.2 Å². The average molecular weight is 495 g/mol. The minimum absolute atomic E-state index is 0.0405. The zero-order chi connectivity index (χ0) is 26.1. The molecule has 1 aromatic heterocycles. The van der Waals surface area contributed by atoms with Gasteiger partial charge < -0.3 is 14.4 Å². The Balaban J connectivity index is 1.46. The molecule has 0 aliphatic carbocycles. The van der Waals surface area contributed by atoms with E-state index in [2.05, 4.69) is 32.0 Å². The molecule has 1 aliphatic rings. The van der Waals surface area contributed by atoms with Crippen molar-refractivity contribution in [1.82, 2.24) is 14.5 Å². The summed E-state index contributed by atoms with van der Waals surface area (Å²) in [6.45, 7) is 9.50. The second-order valence-electron chi connectivity index (χ2n) is 10.4. The van der Waals surface area contributed by atoms with E-state index in [9.17, 15) is 9.59 Å². The van der Waals surface area contributed by atoms with Crippen molar-refractivity contribution in [2.24, 2.45) is 0 Å². The van der Waals surface area contributed by atoms with E-state index in [0.29, 0.717) is 19.5 Å². The molecule has 6 nitrogen and oxygen atoms in total. The molecule has 0 saturated carbocycles. The molecule has 2 amide bonds.